The molecule has 2 atom stereocenters. The monoisotopic (exact) mass is 368 g/mol. The first-order valence-corrected chi connectivity index (χ1v) is 9.68. The van der Waals surface area contributed by atoms with Crippen molar-refractivity contribution in [3.05, 3.63) is 59.4 Å². The van der Waals surface area contributed by atoms with Gasteiger partial charge < -0.3 is 14.6 Å². The summed E-state index contributed by atoms with van der Waals surface area (Å²) >= 11 is 0. The highest BCUT2D eigenvalue weighted by Gasteiger charge is 2.30. The number of hydrogen-bond donors (Lipinski definition) is 1. The van der Waals surface area contributed by atoms with Crippen LogP contribution in [0.15, 0.2) is 42.6 Å². The van der Waals surface area contributed by atoms with E-state index in [9.17, 15) is 14.7 Å². The Morgan fingerprint density at radius 1 is 1.19 bits per heavy atom. The molecule has 0 radical (unpaired) electrons. The normalized spacial score (nSPS) is 18.8. The summed E-state index contributed by atoms with van der Waals surface area (Å²) in [5, 5.41) is 10.7. The van der Waals surface area contributed by atoms with E-state index in [0.717, 1.165) is 31.2 Å². The highest BCUT2D eigenvalue weighted by molar-refractivity contribution is 5.99. The van der Waals surface area contributed by atoms with Crippen molar-refractivity contribution in [1.29, 1.82) is 0 Å². The minimum absolute atomic E-state index is 0.00844. The van der Waals surface area contributed by atoms with Crippen LogP contribution in [0.1, 0.15) is 71.5 Å². The summed E-state index contributed by atoms with van der Waals surface area (Å²) in [6, 6.07) is 11.3. The van der Waals surface area contributed by atoms with Crippen LogP contribution in [0.5, 0.6) is 0 Å². The maximum Gasteiger partial charge on any atom is 0.270 e. The summed E-state index contributed by atoms with van der Waals surface area (Å²) < 4.78 is 1.73. The molecule has 5 heteroatoms. The van der Waals surface area contributed by atoms with E-state index in [-0.39, 0.29) is 17.7 Å². The van der Waals surface area contributed by atoms with Crippen LogP contribution in [0.4, 0.5) is 0 Å². The van der Waals surface area contributed by atoms with Gasteiger partial charge in [0.05, 0.1) is 6.10 Å². The number of aryl methyl sites for hydroxylation is 1. The highest BCUT2D eigenvalue weighted by Crippen LogP contribution is 2.28. The molecule has 1 N–H and O–H groups in total. The third-order valence-electron chi connectivity index (χ3n) is 5.45. The maximum atomic E-state index is 13.2. The number of Topliss-reactive ketones (excluding diaryl/α,β-unsaturated/α-hetero) is 1. The second-order valence-electron chi connectivity index (χ2n) is 7.44. The predicted molar refractivity (Wildman–Crippen MR) is 105 cm³/mol. The van der Waals surface area contributed by atoms with Gasteiger partial charge in [-0.15, -0.1) is 0 Å². The topological polar surface area (TPSA) is 62.5 Å². The highest BCUT2D eigenvalue weighted by atomic mass is 16.3. The molecule has 0 bridgehead atoms. The van der Waals surface area contributed by atoms with Crippen LogP contribution < -0.4 is 0 Å². The number of benzene rings is 1. The molecule has 0 aliphatic carbocycles. The molecule has 1 aromatic carbocycles. The average Bonchev–Trinajstić information content (AvgIpc) is 2.91. The number of rotatable bonds is 5. The van der Waals surface area contributed by atoms with Crippen LogP contribution in [-0.2, 0) is 7.05 Å². The Hall–Kier alpha value is -2.40. The van der Waals surface area contributed by atoms with Gasteiger partial charge in [-0.05, 0) is 37.8 Å². The van der Waals surface area contributed by atoms with E-state index in [2.05, 4.69) is 0 Å². The molecule has 27 heavy (non-hydrogen) atoms. The molecule has 3 rings (SSSR count). The summed E-state index contributed by atoms with van der Waals surface area (Å²) in [5.41, 5.74) is 1.96. The van der Waals surface area contributed by atoms with Crippen LogP contribution in [-0.4, -0.2) is 38.9 Å². The van der Waals surface area contributed by atoms with Gasteiger partial charge in [0, 0.05) is 31.4 Å². The van der Waals surface area contributed by atoms with E-state index in [1.165, 1.54) is 6.92 Å². The molecule has 1 amide bonds. The lowest BCUT2D eigenvalue weighted by Crippen LogP contribution is -2.41. The van der Waals surface area contributed by atoms with Crippen LogP contribution in [0.25, 0.3) is 0 Å². The smallest absolute Gasteiger partial charge is 0.270 e. The molecule has 144 valence electrons. The lowest BCUT2D eigenvalue weighted by Gasteiger charge is -2.32. The fourth-order valence-corrected chi connectivity index (χ4v) is 3.88. The molecule has 1 aliphatic heterocycles. The number of ketones is 1. The summed E-state index contributed by atoms with van der Waals surface area (Å²) in [5.74, 6) is -0.103. The number of carbonyl (C=O) groups excluding carboxylic acids is 2. The first kappa shape index (κ1) is 19.4. The van der Waals surface area contributed by atoms with Crippen molar-refractivity contribution in [3.63, 3.8) is 0 Å². The van der Waals surface area contributed by atoms with E-state index >= 15 is 0 Å². The maximum absolute atomic E-state index is 13.2. The van der Waals surface area contributed by atoms with Gasteiger partial charge in [-0.25, -0.2) is 0 Å². The zero-order valence-electron chi connectivity index (χ0n) is 16.1. The van der Waals surface area contributed by atoms with Gasteiger partial charge >= 0.3 is 0 Å². The van der Waals surface area contributed by atoms with E-state index in [1.807, 2.05) is 35.2 Å². The summed E-state index contributed by atoms with van der Waals surface area (Å²) in [6.07, 6.45) is 5.65. The Bertz CT molecular complexity index is 797. The lowest BCUT2D eigenvalue weighted by molar-refractivity contribution is 0.0579. The van der Waals surface area contributed by atoms with Gasteiger partial charge in [0.2, 0.25) is 0 Å². The van der Waals surface area contributed by atoms with Gasteiger partial charge in [0.1, 0.15) is 5.69 Å². The van der Waals surface area contributed by atoms with E-state index in [1.54, 1.807) is 23.9 Å². The molecule has 2 heterocycles. The molecule has 2 aromatic rings. The number of aliphatic hydroxyl groups is 1. The first-order chi connectivity index (χ1) is 13.0. The number of aromatic nitrogens is 1. The molecule has 0 unspecified atom stereocenters. The van der Waals surface area contributed by atoms with E-state index in [0.29, 0.717) is 24.2 Å². The van der Waals surface area contributed by atoms with Gasteiger partial charge in [-0.1, -0.05) is 43.2 Å². The second kappa shape index (κ2) is 8.53. The van der Waals surface area contributed by atoms with Crippen LogP contribution >= 0.6 is 0 Å². The number of nitrogens with zero attached hydrogens (tertiary/aromatic N) is 2. The second-order valence-corrected chi connectivity index (χ2v) is 7.44. The van der Waals surface area contributed by atoms with Gasteiger partial charge in [-0.2, -0.15) is 0 Å². The van der Waals surface area contributed by atoms with Crippen molar-refractivity contribution >= 4 is 11.7 Å². The molecule has 0 spiro atoms. The SMILES string of the molecule is CC(=O)c1cc(C(=O)N2CCCCC[C@@H]2C[C@H](O)c2ccccc2)n(C)c1. The van der Waals surface area contributed by atoms with Crippen molar-refractivity contribution in [1.82, 2.24) is 9.47 Å². The largest absolute Gasteiger partial charge is 0.388 e. The van der Waals surface area contributed by atoms with Crippen molar-refractivity contribution in [2.75, 3.05) is 6.54 Å². The Labute approximate surface area is 160 Å². The minimum Gasteiger partial charge on any atom is -0.388 e. The summed E-state index contributed by atoms with van der Waals surface area (Å²) in [4.78, 5) is 26.8. The first-order valence-electron chi connectivity index (χ1n) is 9.68. The number of hydrogen-bond acceptors (Lipinski definition) is 3. The Kier molecular flexibility index (Phi) is 6.11. The fraction of sp³-hybridized carbons (Fsp3) is 0.455. The number of aliphatic hydroxyl groups excluding tert-OH is 1. The van der Waals surface area contributed by atoms with Crippen molar-refractivity contribution in [2.24, 2.45) is 7.05 Å². The van der Waals surface area contributed by atoms with Gasteiger partial charge in [0.15, 0.2) is 5.78 Å². The van der Waals surface area contributed by atoms with E-state index in [4.69, 9.17) is 0 Å². The molecule has 0 saturated carbocycles. The lowest BCUT2D eigenvalue weighted by atomic mass is 9.98. The van der Waals surface area contributed by atoms with Crippen molar-refractivity contribution < 1.29 is 14.7 Å². The van der Waals surface area contributed by atoms with Gasteiger partial charge in [-0.3, -0.25) is 9.59 Å². The zero-order valence-corrected chi connectivity index (χ0v) is 16.1. The molecular weight excluding hydrogens is 340 g/mol. The summed E-state index contributed by atoms with van der Waals surface area (Å²) in [6.45, 7) is 2.19. The molecule has 1 fully saturated rings. The Morgan fingerprint density at radius 3 is 2.59 bits per heavy atom. The fourth-order valence-electron chi connectivity index (χ4n) is 3.88. The predicted octanol–water partition coefficient (Wildman–Crippen LogP) is 3.74. The van der Waals surface area contributed by atoms with Gasteiger partial charge in [0.25, 0.3) is 5.91 Å². The van der Waals surface area contributed by atoms with Crippen LogP contribution in [0, 0.1) is 0 Å². The zero-order chi connectivity index (χ0) is 19.4. The molecule has 1 saturated heterocycles. The molecule has 1 aliphatic rings. The molecular formula is C22H28N2O3. The standard InChI is InChI=1S/C22H28N2O3/c1-16(25)18-13-20(23(2)15-18)22(27)24-12-8-4-7-11-19(24)14-21(26)17-9-5-3-6-10-17/h3,5-6,9-10,13,15,19,21,26H,4,7-8,11-12,14H2,1-2H3/t19-,21+/m1/s1. The summed E-state index contributed by atoms with van der Waals surface area (Å²) in [7, 11) is 1.80. The number of carbonyl (C=O) groups is 2. The quantitative estimate of drug-likeness (QED) is 0.818. The molecule has 5 nitrogen and oxygen atoms in total. The Balaban J connectivity index is 1.82. The minimum atomic E-state index is -0.592. The number of amides is 1. The average molecular weight is 368 g/mol. The third-order valence-corrected chi connectivity index (χ3v) is 5.45. The van der Waals surface area contributed by atoms with Crippen molar-refractivity contribution in [2.45, 2.75) is 51.2 Å². The van der Waals surface area contributed by atoms with Crippen molar-refractivity contribution in [3.8, 4) is 0 Å². The third kappa shape index (κ3) is 4.48. The van der Waals surface area contributed by atoms with Crippen LogP contribution in [0.3, 0.4) is 0 Å². The Morgan fingerprint density at radius 2 is 1.93 bits per heavy atom. The number of likely N-dealkylation sites (tertiary alicyclic amines) is 1. The molecule has 1 aromatic heterocycles. The van der Waals surface area contributed by atoms with E-state index < -0.39 is 6.10 Å². The van der Waals surface area contributed by atoms with Crippen LogP contribution in [0.2, 0.25) is 0 Å².